The molecule has 5 atom stereocenters. The van der Waals surface area contributed by atoms with E-state index in [9.17, 15) is 27.6 Å². The Bertz CT molecular complexity index is 2220. The Balaban J connectivity index is 1.58. The molecule has 4 aromatic rings. The van der Waals surface area contributed by atoms with Crippen LogP contribution >= 0.6 is 8.53 Å². The molecular weight excluding hydrogens is 879 g/mol. The van der Waals surface area contributed by atoms with Crippen LogP contribution in [0.5, 0.6) is 11.5 Å². The molecule has 2 unspecified atom stereocenters. The number of carbonyl (C=O) groups is 1. The van der Waals surface area contributed by atoms with Crippen molar-refractivity contribution in [3.8, 4) is 11.5 Å². The summed E-state index contributed by atoms with van der Waals surface area (Å²) in [5.74, 6) is -1.17. The van der Waals surface area contributed by atoms with E-state index in [0.717, 1.165) is 16.7 Å². The second kappa shape index (κ2) is 24.6. The Morgan fingerprint density at radius 1 is 0.864 bits per heavy atom. The van der Waals surface area contributed by atoms with E-state index in [2.05, 4.69) is 14.5 Å². The molecule has 1 amide bonds. The number of aromatic nitrogens is 2. The predicted molar refractivity (Wildman–Crippen MR) is 245 cm³/mol. The molecule has 18 heteroatoms. The highest BCUT2D eigenvalue weighted by molar-refractivity contribution is 7.44. The van der Waals surface area contributed by atoms with Crippen LogP contribution < -0.4 is 26.0 Å². The monoisotopic (exact) mass is 939 g/mol. The number of hydrogen-bond donors (Lipinski definition) is 2. The first kappa shape index (κ1) is 51.9. The van der Waals surface area contributed by atoms with Crippen LogP contribution in [0.4, 0.5) is 13.2 Å². The van der Waals surface area contributed by atoms with Crippen molar-refractivity contribution >= 4 is 14.4 Å². The SMILES string of the molecule is [C-]#[N+]CCOP(O[C@@H]1C(CCCCCCCNC(=O)C(F)(F)F)[C@H](n2ccc(=O)[nH]c2=O)O[C@@H]1COC(c1ccccc1)(c1ccc(OC)cc1)c1ccc(OC)cc1)N(C(C)C)C(C)C. The summed E-state index contributed by atoms with van der Waals surface area (Å²) in [6.07, 6.45) is -2.71. The summed E-state index contributed by atoms with van der Waals surface area (Å²) < 4.78 is 80.6. The van der Waals surface area contributed by atoms with E-state index in [1.165, 1.54) is 16.8 Å². The van der Waals surface area contributed by atoms with Crippen LogP contribution in [0.2, 0.25) is 0 Å². The van der Waals surface area contributed by atoms with Gasteiger partial charge < -0.3 is 38.2 Å². The van der Waals surface area contributed by atoms with Gasteiger partial charge in [0.05, 0.1) is 20.8 Å². The molecular formula is C48H61F3N5O9P. The number of alkyl halides is 3. The minimum absolute atomic E-state index is 0.0334. The molecule has 3 aromatic carbocycles. The predicted octanol–water partition coefficient (Wildman–Crippen LogP) is 8.76. The summed E-state index contributed by atoms with van der Waals surface area (Å²) in [4.78, 5) is 43.1. The Kier molecular flexibility index (Phi) is 19.4. The van der Waals surface area contributed by atoms with Crippen LogP contribution in [0.1, 0.15) is 89.1 Å². The van der Waals surface area contributed by atoms with Crippen LogP contribution in [0, 0.1) is 12.5 Å². The standard InChI is InChI=1S/C48H61F3N5O9P/c1-33(2)56(34(3)4)66(63-31-29-52-5)65-43-40(18-14-9-8-10-15-28-53-45(58)48(49,50)51)44(55-30-27-42(57)54-46(55)59)64-41(43)32-62-47(35-16-12-11-13-17-35,36-19-23-38(60-6)24-20-36)37-21-25-39(61-7)26-22-37/h11-13,16-17,19-27,30,33-34,40-41,43-44H,8-10,14-15,18,28-29,31-32H2,1-4,6-7H3,(H,53,58)(H,54,57,59)/t40?,41-,43-,44-,66?/m1/s1. The summed E-state index contributed by atoms with van der Waals surface area (Å²) in [5.41, 5.74) is -0.0985. The summed E-state index contributed by atoms with van der Waals surface area (Å²) in [5, 5.41) is 1.92. The molecule has 0 spiro atoms. The third kappa shape index (κ3) is 13.3. The maximum atomic E-state index is 13.6. The minimum Gasteiger partial charge on any atom is -0.497 e. The largest absolute Gasteiger partial charge is 0.497 e. The lowest BCUT2D eigenvalue weighted by molar-refractivity contribution is -0.173. The molecule has 66 heavy (non-hydrogen) atoms. The first-order valence-corrected chi connectivity index (χ1v) is 23.3. The zero-order chi connectivity index (χ0) is 47.9. The van der Waals surface area contributed by atoms with Gasteiger partial charge in [0.2, 0.25) is 6.54 Å². The Labute approximate surface area is 385 Å². The second-order valence-electron chi connectivity index (χ2n) is 16.5. The normalized spacial score (nSPS) is 18.1. The highest BCUT2D eigenvalue weighted by Crippen LogP contribution is 2.53. The fourth-order valence-electron chi connectivity index (χ4n) is 8.29. The molecule has 5 rings (SSSR count). The molecule has 1 saturated heterocycles. The van der Waals surface area contributed by atoms with Gasteiger partial charge in [-0.2, -0.15) is 13.2 Å². The number of nitrogens with one attached hydrogen (secondary N) is 2. The summed E-state index contributed by atoms with van der Waals surface area (Å²) >= 11 is 0. The fourth-order valence-corrected chi connectivity index (χ4v) is 10.1. The van der Waals surface area contributed by atoms with Crippen molar-refractivity contribution in [3.63, 3.8) is 0 Å². The smallest absolute Gasteiger partial charge is 0.471 e. The molecule has 1 aliphatic heterocycles. The summed E-state index contributed by atoms with van der Waals surface area (Å²) in [7, 11) is 1.36. The first-order chi connectivity index (χ1) is 31.6. The number of carbonyl (C=O) groups excluding carboxylic acids is 1. The number of aromatic amines is 1. The number of halogens is 3. The van der Waals surface area contributed by atoms with E-state index in [-0.39, 0.29) is 38.4 Å². The van der Waals surface area contributed by atoms with Gasteiger partial charge in [-0.25, -0.2) is 16.0 Å². The average Bonchev–Trinajstić information content (AvgIpc) is 3.63. The zero-order valence-electron chi connectivity index (χ0n) is 38.3. The average molecular weight is 940 g/mol. The number of H-pyrrole nitrogens is 1. The van der Waals surface area contributed by atoms with Crippen LogP contribution in [0.15, 0.2) is 101 Å². The van der Waals surface area contributed by atoms with Crippen LogP contribution in [0.3, 0.4) is 0 Å². The first-order valence-electron chi connectivity index (χ1n) is 22.2. The van der Waals surface area contributed by atoms with Gasteiger partial charge in [-0.15, -0.1) is 0 Å². The molecule has 2 heterocycles. The number of hydrogen-bond acceptors (Lipinski definition) is 10. The van der Waals surface area contributed by atoms with Crippen LogP contribution in [-0.2, 0) is 28.9 Å². The Morgan fingerprint density at radius 3 is 1.98 bits per heavy atom. The number of methoxy groups -OCH3 is 2. The van der Waals surface area contributed by atoms with Crippen molar-refractivity contribution in [3.05, 3.63) is 140 Å². The number of unbranched alkanes of at least 4 members (excludes halogenated alkanes) is 4. The van der Waals surface area contributed by atoms with E-state index in [1.54, 1.807) is 14.2 Å². The van der Waals surface area contributed by atoms with Gasteiger partial charge in [-0.1, -0.05) is 80.3 Å². The van der Waals surface area contributed by atoms with Gasteiger partial charge in [0, 0.05) is 36.8 Å². The topological polar surface area (TPSA) is 147 Å². The third-order valence-electron chi connectivity index (χ3n) is 11.4. The zero-order valence-corrected chi connectivity index (χ0v) is 39.2. The quantitative estimate of drug-likeness (QED) is 0.0286. The molecule has 1 fully saturated rings. The number of rotatable bonds is 25. The van der Waals surface area contributed by atoms with Crippen molar-refractivity contribution in [2.45, 2.75) is 109 Å². The summed E-state index contributed by atoms with van der Waals surface area (Å²) in [6.45, 7) is 15.7. The third-order valence-corrected chi connectivity index (χ3v) is 13.5. The van der Waals surface area contributed by atoms with Crippen LogP contribution in [0.25, 0.3) is 4.85 Å². The van der Waals surface area contributed by atoms with Gasteiger partial charge in [-0.3, -0.25) is 19.1 Å². The lowest BCUT2D eigenvalue weighted by Crippen LogP contribution is -2.41. The van der Waals surface area contributed by atoms with Gasteiger partial charge in [0.1, 0.15) is 42.1 Å². The lowest BCUT2D eigenvalue weighted by atomic mass is 9.80. The van der Waals surface area contributed by atoms with E-state index in [0.29, 0.717) is 50.0 Å². The molecule has 0 aliphatic carbocycles. The van der Waals surface area contributed by atoms with Gasteiger partial charge in [0.15, 0.2) is 0 Å². The molecule has 0 radical (unpaired) electrons. The Morgan fingerprint density at radius 2 is 1.44 bits per heavy atom. The maximum absolute atomic E-state index is 13.6. The van der Waals surface area contributed by atoms with Crippen LogP contribution in [-0.4, -0.2) is 91.1 Å². The van der Waals surface area contributed by atoms with E-state index in [1.807, 2.05) is 112 Å². The molecule has 358 valence electrons. The van der Waals surface area contributed by atoms with Gasteiger partial charge in [-0.05, 0) is 81.5 Å². The van der Waals surface area contributed by atoms with Gasteiger partial charge >= 0.3 is 17.8 Å². The van der Waals surface area contributed by atoms with Crippen molar-refractivity contribution < 1.29 is 46.0 Å². The number of ether oxygens (including phenoxy) is 4. The number of amides is 1. The minimum atomic E-state index is -4.94. The highest BCUT2D eigenvalue weighted by Gasteiger charge is 2.50. The second-order valence-corrected chi connectivity index (χ2v) is 17.9. The Hall–Kier alpha value is -5.08. The molecule has 14 nitrogen and oxygen atoms in total. The highest BCUT2D eigenvalue weighted by atomic mass is 31.2. The molecule has 0 saturated carbocycles. The number of nitrogens with zero attached hydrogens (tertiary/aromatic N) is 3. The van der Waals surface area contributed by atoms with E-state index >= 15 is 0 Å². The lowest BCUT2D eigenvalue weighted by Gasteiger charge is -2.39. The van der Waals surface area contributed by atoms with Crippen molar-refractivity contribution in [2.24, 2.45) is 5.92 Å². The molecule has 0 bridgehead atoms. The van der Waals surface area contributed by atoms with Gasteiger partial charge in [0.25, 0.3) is 14.1 Å². The van der Waals surface area contributed by atoms with E-state index in [4.69, 9.17) is 34.6 Å². The fraction of sp³-hybridized carbons (Fsp3) is 0.500. The van der Waals surface area contributed by atoms with Crippen molar-refractivity contribution in [1.82, 2.24) is 19.5 Å². The molecule has 2 N–H and O–H groups in total. The van der Waals surface area contributed by atoms with Crippen molar-refractivity contribution in [2.75, 3.05) is 40.5 Å². The van der Waals surface area contributed by atoms with Crippen molar-refractivity contribution in [1.29, 1.82) is 0 Å². The molecule has 1 aromatic heterocycles. The maximum Gasteiger partial charge on any atom is 0.471 e. The molecule has 1 aliphatic rings. The summed E-state index contributed by atoms with van der Waals surface area (Å²) in [6, 6.07) is 26.2. The van der Waals surface area contributed by atoms with E-state index < -0.39 is 61.8 Å². The number of benzene rings is 3.